The van der Waals surface area contributed by atoms with Crippen LogP contribution in [0.2, 0.25) is 0 Å². The van der Waals surface area contributed by atoms with Crippen molar-refractivity contribution in [2.45, 2.75) is 51.5 Å². The zero-order valence-corrected chi connectivity index (χ0v) is 15.8. The number of nitrogens with zero attached hydrogens (tertiary/aromatic N) is 1. The molecule has 1 atom stereocenters. The third-order valence-electron chi connectivity index (χ3n) is 5.08. The minimum atomic E-state index is -1.22. The molecule has 2 aliphatic heterocycles. The number of carboxylic acid groups (broad SMARTS) is 1. The average molecular weight is 369 g/mol. The molecule has 8 nitrogen and oxygen atoms in total. The van der Waals surface area contributed by atoms with E-state index in [1.165, 1.54) is 0 Å². The van der Waals surface area contributed by atoms with Crippen LogP contribution < -0.4 is 10.6 Å². The predicted octanol–water partition coefficient (Wildman–Crippen LogP) is 1.20. The topological polar surface area (TPSA) is 108 Å². The van der Waals surface area contributed by atoms with Gasteiger partial charge < -0.3 is 25.4 Å². The fourth-order valence-electron chi connectivity index (χ4n) is 3.51. The van der Waals surface area contributed by atoms with Crippen LogP contribution in [0.1, 0.15) is 46.0 Å². The molecule has 0 aromatic heterocycles. The molecule has 3 amide bonds. The molecular weight excluding hydrogens is 338 g/mol. The number of urea groups is 1. The standard InChI is InChI=1S/C18H31N3O5/c1-13(2)11-19-17(25)21-7-3-4-14(12-21)10-15(22)20-18(16(23)24)5-8-26-9-6-18/h13-14H,3-12H2,1-2H3,(H,19,25)(H,20,22)(H,23,24). The molecule has 0 saturated carbocycles. The number of amides is 3. The number of carbonyl (C=O) groups excluding carboxylic acids is 2. The molecular formula is C18H31N3O5. The van der Waals surface area contributed by atoms with Gasteiger partial charge in [-0.2, -0.15) is 0 Å². The number of likely N-dealkylation sites (tertiary alicyclic amines) is 1. The minimum Gasteiger partial charge on any atom is -0.480 e. The van der Waals surface area contributed by atoms with Crippen LogP contribution in [-0.2, 0) is 14.3 Å². The summed E-state index contributed by atoms with van der Waals surface area (Å²) in [5.41, 5.74) is -1.22. The van der Waals surface area contributed by atoms with Crippen molar-refractivity contribution in [2.24, 2.45) is 11.8 Å². The van der Waals surface area contributed by atoms with Crippen LogP contribution in [0, 0.1) is 11.8 Å². The number of hydrogen-bond donors (Lipinski definition) is 3. The second-order valence-electron chi connectivity index (χ2n) is 7.79. The Bertz CT molecular complexity index is 517. The SMILES string of the molecule is CC(C)CNC(=O)N1CCCC(CC(=O)NC2(C(=O)O)CCOCC2)C1. The van der Waals surface area contributed by atoms with Crippen LogP contribution >= 0.6 is 0 Å². The van der Waals surface area contributed by atoms with E-state index in [0.29, 0.717) is 38.8 Å². The summed E-state index contributed by atoms with van der Waals surface area (Å²) in [7, 11) is 0. The Morgan fingerprint density at radius 2 is 1.96 bits per heavy atom. The Balaban J connectivity index is 1.86. The van der Waals surface area contributed by atoms with Gasteiger partial charge in [0, 0.05) is 52.1 Å². The summed E-state index contributed by atoms with van der Waals surface area (Å²) >= 11 is 0. The highest BCUT2D eigenvalue weighted by atomic mass is 16.5. The molecule has 0 spiro atoms. The number of nitrogens with one attached hydrogen (secondary N) is 2. The summed E-state index contributed by atoms with van der Waals surface area (Å²) in [5.74, 6) is -0.826. The summed E-state index contributed by atoms with van der Waals surface area (Å²) < 4.78 is 5.22. The highest BCUT2D eigenvalue weighted by Gasteiger charge is 2.42. The number of carbonyl (C=O) groups is 3. The molecule has 2 aliphatic rings. The van der Waals surface area contributed by atoms with E-state index in [4.69, 9.17) is 4.74 Å². The maximum atomic E-state index is 12.4. The van der Waals surface area contributed by atoms with E-state index in [1.54, 1.807) is 4.90 Å². The van der Waals surface area contributed by atoms with Gasteiger partial charge in [0.15, 0.2) is 0 Å². The van der Waals surface area contributed by atoms with Gasteiger partial charge in [-0.1, -0.05) is 13.8 Å². The molecule has 1 unspecified atom stereocenters. The second-order valence-corrected chi connectivity index (χ2v) is 7.79. The normalized spacial score (nSPS) is 22.7. The third-order valence-corrected chi connectivity index (χ3v) is 5.08. The van der Waals surface area contributed by atoms with Gasteiger partial charge in [0.2, 0.25) is 5.91 Å². The van der Waals surface area contributed by atoms with Crippen molar-refractivity contribution in [1.82, 2.24) is 15.5 Å². The highest BCUT2D eigenvalue weighted by molar-refractivity contribution is 5.87. The maximum absolute atomic E-state index is 12.4. The van der Waals surface area contributed by atoms with E-state index in [9.17, 15) is 19.5 Å². The molecule has 0 aliphatic carbocycles. The second kappa shape index (κ2) is 9.21. The molecule has 2 heterocycles. The van der Waals surface area contributed by atoms with Crippen molar-refractivity contribution in [3.63, 3.8) is 0 Å². The molecule has 0 aromatic rings. The zero-order chi connectivity index (χ0) is 19.2. The van der Waals surface area contributed by atoms with Gasteiger partial charge in [-0.25, -0.2) is 9.59 Å². The molecule has 148 valence electrons. The molecule has 0 aromatic carbocycles. The Hall–Kier alpha value is -1.83. The van der Waals surface area contributed by atoms with Gasteiger partial charge in [-0.15, -0.1) is 0 Å². The van der Waals surface area contributed by atoms with Crippen LogP contribution in [-0.4, -0.2) is 66.3 Å². The van der Waals surface area contributed by atoms with Crippen molar-refractivity contribution in [2.75, 3.05) is 32.8 Å². The molecule has 3 N–H and O–H groups in total. The zero-order valence-electron chi connectivity index (χ0n) is 15.8. The average Bonchev–Trinajstić information content (AvgIpc) is 2.60. The van der Waals surface area contributed by atoms with Crippen molar-refractivity contribution in [3.05, 3.63) is 0 Å². The number of rotatable bonds is 6. The number of aliphatic carboxylic acids is 1. The van der Waals surface area contributed by atoms with Gasteiger partial charge in [-0.05, 0) is 24.7 Å². The van der Waals surface area contributed by atoms with Crippen molar-refractivity contribution < 1.29 is 24.2 Å². The Kier molecular flexibility index (Phi) is 7.25. The van der Waals surface area contributed by atoms with Crippen LogP contribution in [0.4, 0.5) is 4.79 Å². The lowest BCUT2D eigenvalue weighted by atomic mass is 9.88. The summed E-state index contributed by atoms with van der Waals surface area (Å²) in [6.45, 7) is 6.60. The molecule has 2 fully saturated rings. The number of carboxylic acids is 1. The molecule has 0 bridgehead atoms. The smallest absolute Gasteiger partial charge is 0.329 e. The number of piperidine rings is 1. The van der Waals surface area contributed by atoms with Crippen LogP contribution in [0.5, 0.6) is 0 Å². The van der Waals surface area contributed by atoms with Gasteiger partial charge >= 0.3 is 12.0 Å². The first-order valence-electron chi connectivity index (χ1n) is 9.47. The van der Waals surface area contributed by atoms with Gasteiger partial charge in [0.1, 0.15) is 5.54 Å². The molecule has 2 rings (SSSR count). The quantitative estimate of drug-likeness (QED) is 0.652. The molecule has 8 heteroatoms. The van der Waals surface area contributed by atoms with Gasteiger partial charge in [0.05, 0.1) is 0 Å². The fraction of sp³-hybridized carbons (Fsp3) is 0.833. The van der Waals surface area contributed by atoms with Crippen LogP contribution in [0.3, 0.4) is 0 Å². The summed E-state index contributed by atoms with van der Waals surface area (Å²) in [6.07, 6.45) is 2.52. The minimum absolute atomic E-state index is 0.0548. The first-order chi connectivity index (χ1) is 12.3. The Morgan fingerprint density at radius 3 is 2.58 bits per heavy atom. The van der Waals surface area contributed by atoms with E-state index in [1.807, 2.05) is 13.8 Å². The summed E-state index contributed by atoms with van der Waals surface area (Å²) in [4.78, 5) is 38.1. The highest BCUT2D eigenvalue weighted by Crippen LogP contribution is 2.24. The van der Waals surface area contributed by atoms with E-state index in [-0.39, 0.29) is 37.1 Å². The van der Waals surface area contributed by atoms with Crippen LogP contribution in [0.15, 0.2) is 0 Å². The lowest BCUT2D eigenvalue weighted by Gasteiger charge is -2.36. The Morgan fingerprint density at radius 1 is 1.27 bits per heavy atom. The first-order valence-corrected chi connectivity index (χ1v) is 9.47. The fourth-order valence-corrected chi connectivity index (χ4v) is 3.51. The Labute approximate surface area is 154 Å². The summed E-state index contributed by atoms with van der Waals surface area (Å²) in [5, 5.41) is 15.2. The largest absolute Gasteiger partial charge is 0.480 e. The monoisotopic (exact) mass is 369 g/mol. The predicted molar refractivity (Wildman–Crippen MR) is 95.7 cm³/mol. The van der Waals surface area contributed by atoms with Crippen LogP contribution in [0.25, 0.3) is 0 Å². The van der Waals surface area contributed by atoms with Gasteiger partial charge in [0.25, 0.3) is 0 Å². The van der Waals surface area contributed by atoms with E-state index < -0.39 is 11.5 Å². The number of hydrogen-bond acceptors (Lipinski definition) is 4. The van der Waals surface area contributed by atoms with E-state index >= 15 is 0 Å². The first kappa shape index (κ1) is 20.5. The molecule has 26 heavy (non-hydrogen) atoms. The lowest BCUT2D eigenvalue weighted by Crippen LogP contribution is -2.58. The lowest BCUT2D eigenvalue weighted by molar-refractivity contribution is -0.152. The van der Waals surface area contributed by atoms with Gasteiger partial charge in [-0.3, -0.25) is 4.79 Å². The maximum Gasteiger partial charge on any atom is 0.329 e. The van der Waals surface area contributed by atoms with E-state index in [0.717, 1.165) is 12.8 Å². The van der Waals surface area contributed by atoms with Crippen molar-refractivity contribution in [3.8, 4) is 0 Å². The molecule has 0 radical (unpaired) electrons. The van der Waals surface area contributed by atoms with Crippen molar-refractivity contribution >= 4 is 17.9 Å². The van der Waals surface area contributed by atoms with E-state index in [2.05, 4.69) is 10.6 Å². The summed E-state index contributed by atoms with van der Waals surface area (Å²) in [6, 6.07) is -0.0877. The third kappa shape index (κ3) is 5.59. The van der Waals surface area contributed by atoms with Crippen molar-refractivity contribution in [1.29, 1.82) is 0 Å². The molecule has 2 saturated heterocycles. The number of ether oxygens (including phenoxy) is 1.